The number of hydrogen-bond donors (Lipinski definition) is 0. The van der Waals surface area contributed by atoms with Gasteiger partial charge in [0, 0.05) is 11.5 Å². The Balaban J connectivity index is 4.03. The third-order valence-corrected chi connectivity index (χ3v) is 2.25. The summed E-state index contributed by atoms with van der Waals surface area (Å²) in [6.45, 7) is 3.97. The van der Waals surface area contributed by atoms with Gasteiger partial charge in [0.1, 0.15) is 0 Å². The molecule has 0 aromatic carbocycles. The van der Waals surface area contributed by atoms with Crippen molar-refractivity contribution in [3.8, 4) is 0 Å². The van der Waals surface area contributed by atoms with Crippen molar-refractivity contribution in [3.63, 3.8) is 0 Å². The summed E-state index contributed by atoms with van der Waals surface area (Å²) < 4.78 is 4.98. The van der Waals surface area contributed by atoms with Crippen LogP contribution in [0.3, 0.4) is 0 Å². The van der Waals surface area contributed by atoms with Crippen LogP contribution in [0.4, 0.5) is 0 Å². The average molecular weight is 165 g/mol. The molecule has 0 aromatic rings. The molecule has 1 atom stereocenters. The first-order valence-electron chi connectivity index (χ1n) is 2.41. The van der Waals surface area contributed by atoms with Crippen LogP contribution in [-0.4, -0.2) is 13.3 Å². The van der Waals surface area contributed by atoms with Crippen molar-refractivity contribution in [2.24, 2.45) is 4.88 Å². The molecule has 0 aliphatic heterocycles. The number of hydrogen-bond acceptors (Lipinski definition) is 2. The molecule has 0 fully saturated rings. The number of azide groups is 1. The standard InChI is InChI=1S/C3H8N3OPS/c1-3-7-8(2,9)6-5-4/h3H2,1-2H3. The van der Waals surface area contributed by atoms with Gasteiger partial charge in [0.15, 0.2) is 6.42 Å². The molecule has 0 heterocycles. The second kappa shape index (κ2) is 3.85. The Morgan fingerprint density at radius 1 is 1.89 bits per heavy atom. The van der Waals surface area contributed by atoms with Gasteiger partial charge in [-0.25, -0.2) is 0 Å². The first-order valence-corrected chi connectivity index (χ1v) is 5.53. The van der Waals surface area contributed by atoms with Crippen LogP contribution in [0.5, 0.6) is 0 Å². The van der Waals surface area contributed by atoms with Gasteiger partial charge in [-0.3, -0.25) is 0 Å². The maximum absolute atomic E-state index is 7.97. The van der Waals surface area contributed by atoms with E-state index in [4.69, 9.17) is 21.9 Å². The first kappa shape index (κ1) is 8.92. The van der Waals surface area contributed by atoms with Gasteiger partial charge in [0.25, 0.3) is 0 Å². The average Bonchev–Trinajstić information content (AvgIpc) is 1.64. The van der Waals surface area contributed by atoms with Crippen molar-refractivity contribution in [2.45, 2.75) is 6.92 Å². The second-order valence-corrected chi connectivity index (χ2v) is 5.48. The van der Waals surface area contributed by atoms with Crippen molar-refractivity contribution in [1.29, 1.82) is 0 Å². The fourth-order valence-corrected chi connectivity index (χ4v) is 1.43. The highest BCUT2D eigenvalue weighted by molar-refractivity contribution is 8.11. The Morgan fingerprint density at radius 2 is 2.44 bits per heavy atom. The Kier molecular flexibility index (Phi) is 3.82. The van der Waals surface area contributed by atoms with E-state index in [1.54, 1.807) is 6.66 Å². The van der Waals surface area contributed by atoms with E-state index in [2.05, 4.69) is 9.80 Å². The Morgan fingerprint density at radius 3 is 2.78 bits per heavy atom. The number of nitrogens with zero attached hydrogens (tertiary/aromatic N) is 3. The molecule has 0 aliphatic rings. The topological polar surface area (TPSA) is 58.0 Å². The van der Waals surface area contributed by atoms with Gasteiger partial charge >= 0.3 is 0 Å². The summed E-state index contributed by atoms with van der Waals surface area (Å²) in [5, 5.41) is 0. The highest BCUT2D eigenvalue weighted by atomic mass is 32.4. The maximum Gasteiger partial charge on any atom is 0.150 e. The van der Waals surface area contributed by atoms with Crippen molar-refractivity contribution >= 4 is 18.2 Å². The molecular weight excluding hydrogens is 157 g/mol. The summed E-state index contributed by atoms with van der Waals surface area (Å²) in [5.41, 5.74) is 7.97. The van der Waals surface area contributed by atoms with E-state index in [0.29, 0.717) is 6.61 Å². The predicted molar refractivity (Wildman–Crippen MR) is 41.0 cm³/mol. The van der Waals surface area contributed by atoms with Crippen LogP contribution < -0.4 is 0 Å². The third-order valence-electron chi connectivity index (χ3n) is 0.571. The smallest absolute Gasteiger partial charge is 0.150 e. The molecule has 0 radical (unpaired) electrons. The van der Waals surface area contributed by atoms with Gasteiger partial charge in [-0.15, -0.1) is 0 Å². The molecule has 0 amide bonds. The zero-order valence-electron chi connectivity index (χ0n) is 5.31. The molecule has 0 spiro atoms. The van der Waals surface area contributed by atoms with Gasteiger partial charge in [0.05, 0.1) is 0 Å². The molecule has 52 valence electrons. The van der Waals surface area contributed by atoms with Gasteiger partial charge in [-0.05, 0) is 24.0 Å². The van der Waals surface area contributed by atoms with Crippen LogP contribution in [0.25, 0.3) is 10.4 Å². The highest BCUT2D eigenvalue weighted by Gasteiger charge is 2.03. The van der Waals surface area contributed by atoms with Crippen LogP contribution in [-0.2, 0) is 16.3 Å². The Bertz CT molecular complexity index is 176. The molecule has 0 bridgehead atoms. The summed E-state index contributed by atoms with van der Waals surface area (Å²) in [4.78, 5) is 5.90. The maximum atomic E-state index is 7.97. The van der Waals surface area contributed by atoms with Crippen LogP contribution in [0, 0.1) is 0 Å². The summed E-state index contributed by atoms with van der Waals surface area (Å²) in [7, 11) is 0. The van der Waals surface area contributed by atoms with E-state index in [9.17, 15) is 0 Å². The second-order valence-electron chi connectivity index (χ2n) is 1.40. The van der Waals surface area contributed by atoms with Gasteiger partial charge < -0.3 is 4.52 Å². The molecule has 0 rings (SSSR count). The molecule has 0 saturated heterocycles. The van der Waals surface area contributed by atoms with Gasteiger partial charge in [-0.2, -0.15) is 0 Å². The molecule has 0 aromatic heterocycles. The van der Waals surface area contributed by atoms with E-state index in [-0.39, 0.29) is 0 Å². The lowest BCUT2D eigenvalue weighted by atomic mass is 10.9. The van der Waals surface area contributed by atoms with Gasteiger partial charge in [0.2, 0.25) is 0 Å². The van der Waals surface area contributed by atoms with E-state index < -0.39 is 6.42 Å². The monoisotopic (exact) mass is 165 g/mol. The molecule has 1 unspecified atom stereocenters. The molecule has 0 aliphatic carbocycles. The van der Waals surface area contributed by atoms with Crippen LogP contribution in [0.1, 0.15) is 6.92 Å². The zero-order valence-corrected chi connectivity index (χ0v) is 7.02. The summed E-state index contributed by atoms with van der Waals surface area (Å²) >= 11 is 4.81. The van der Waals surface area contributed by atoms with Crippen molar-refractivity contribution < 1.29 is 4.52 Å². The third kappa shape index (κ3) is 4.43. The zero-order chi connectivity index (χ0) is 7.33. The molecule has 4 nitrogen and oxygen atoms in total. The summed E-state index contributed by atoms with van der Waals surface area (Å²) in [6.07, 6.45) is -2.15. The van der Waals surface area contributed by atoms with E-state index in [1.165, 1.54) is 0 Å². The van der Waals surface area contributed by atoms with E-state index >= 15 is 0 Å². The fourth-order valence-electron chi connectivity index (χ4n) is 0.338. The summed E-state index contributed by atoms with van der Waals surface area (Å²) in [6, 6.07) is 0. The molecule has 0 N–H and O–H groups in total. The minimum Gasteiger partial charge on any atom is -0.345 e. The van der Waals surface area contributed by atoms with Crippen molar-refractivity contribution in [2.75, 3.05) is 13.3 Å². The summed E-state index contributed by atoms with van der Waals surface area (Å²) in [5.74, 6) is 0. The minimum atomic E-state index is -2.15. The van der Waals surface area contributed by atoms with Crippen LogP contribution in [0.2, 0.25) is 0 Å². The Labute approximate surface area is 59.0 Å². The predicted octanol–water partition coefficient (Wildman–Crippen LogP) is 2.27. The molecule has 0 saturated carbocycles. The largest absolute Gasteiger partial charge is 0.345 e. The number of rotatable bonds is 3. The van der Waals surface area contributed by atoms with Crippen LogP contribution >= 0.6 is 6.42 Å². The molecular formula is C3H8N3OPS. The van der Waals surface area contributed by atoms with Crippen LogP contribution in [0.15, 0.2) is 4.88 Å². The lowest BCUT2D eigenvalue weighted by Crippen LogP contribution is -1.81. The molecule has 6 heteroatoms. The lowest BCUT2D eigenvalue weighted by molar-refractivity contribution is 0.379. The van der Waals surface area contributed by atoms with E-state index in [1.807, 2.05) is 6.92 Å². The normalized spacial score (nSPS) is 15.8. The lowest BCUT2D eigenvalue weighted by Gasteiger charge is -2.06. The van der Waals surface area contributed by atoms with Gasteiger partial charge in [-0.1, -0.05) is 11.8 Å². The highest BCUT2D eigenvalue weighted by Crippen LogP contribution is 2.44. The minimum absolute atomic E-state index is 0.507. The quantitative estimate of drug-likeness (QED) is 0.279. The molecule has 9 heavy (non-hydrogen) atoms. The van der Waals surface area contributed by atoms with E-state index in [0.717, 1.165) is 0 Å². The van der Waals surface area contributed by atoms with Crippen molar-refractivity contribution in [3.05, 3.63) is 10.4 Å². The fraction of sp³-hybridized carbons (Fsp3) is 1.00. The first-order chi connectivity index (χ1) is 4.12. The SMILES string of the molecule is CCOP(C)(=S)N=[N+]=[N-]. The van der Waals surface area contributed by atoms with Crippen molar-refractivity contribution in [1.82, 2.24) is 0 Å². The Hall–Kier alpha value is -0.0800.